The highest BCUT2D eigenvalue weighted by Crippen LogP contribution is 2.22. The number of nitrogens with zero attached hydrogens (tertiary/aromatic N) is 2. The molecule has 0 fully saturated rings. The van der Waals surface area contributed by atoms with Crippen molar-refractivity contribution >= 4 is 29.0 Å². The smallest absolute Gasteiger partial charge is 0.330 e. The van der Waals surface area contributed by atoms with Crippen LogP contribution in [0.3, 0.4) is 0 Å². The number of halogens is 1. The van der Waals surface area contributed by atoms with E-state index >= 15 is 0 Å². The molecule has 2 rings (SSSR count). The molecular weight excluding hydrogens is 392 g/mol. The van der Waals surface area contributed by atoms with E-state index in [0.717, 1.165) is 18.4 Å². The number of aromatic nitrogens is 2. The molecule has 0 spiro atoms. The van der Waals surface area contributed by atoms with Crippen LogP contribution < -0.4 is 21.9 Å². The summed E-state index contributed by atoms with van der Waals surface area (Å²) in [6.45, 7) is 6.60. The zero-order chi connectivity index (χ0) is 21.6. The summed E-state index contributed by atoms with van der Waals surface area (Å²) in [6.07, 6.45) is 2.22. The second-order valence-electron chi connectivity index (χ2n) is 7.49. The second-order valence-corrected chi connectivity index (χ2v) is 7.90. The van der Waals surface area contributed by atoms with E-state index in [1.807, 2.05) is 39.0 Å². The fourth-order valence-electron chi connectivity index (χ4n) is 3.14. The molecule has 1 aromatic heterocycles. The minimum absolute atomic E-state index is 0.0268. The van der Waals surface area contributed by atoms with Gasteiger partial charge in [-0.2, -0.15) is 0 Å². The molecule has 1 aromatic carbocycles. The molecule has 1 heterocycles. The molecule has 158 valence electrons. The molecule has 1 amide bonds. The molecule has 2 aromatic rings. The number of H-pyrrole nitrogens is 1. The topological polar surface area (TPSA) is 101 Å². The van der Waals surface area contributed by atoms with Gasteiger partial charge < -0.3 is 10.6 Å². The first-order chi connectivity index (χ1) is 13.8. The van der Waals surface area contributed by atoms with E-state index in [9.17, 15) is 14.4 Å². The summed E-state index contributed by atoms with van der Waals surface area (Å²) in [4.78, 5) is 41.5. The summed E-state index contributed by atoms with van der Waals surface area (Å²) >= 11 is 6.19. The summed E-state index contributed by atoms with van der Waals surface area (Å²) in [7, 11) is 0. The van der Waals surface area contributed by atoms with Crippen LogP contribution in [0.5, 0.6) is 0 Å². The number of nitrogens with two attached hydrogens (primary N) is 1. The largest absolute Gasteiger partial charge is 0.383 e. The minimum Gasteiger partial charge on any atom is -0.383 e. The number of rotatable bonds is 9. The van der Waals surface area contributed by atoms with Crippen LogP contribution in [0, 0.1) is 5.92 Å². The number of amides is 1. The van der Waals surface area contributed by atoms with Crippen molar-refractivity contribution in [2.45, 2.75) is 53.0 Å². The zero-order valence-corrected chi connectivity index (χ0v) is 18.0. The molecule has 0 saturated heterocycles. The van der Waals surface area contributed by atoms with E-state index in [1.165, 1.54) is 9.47 Å². The van der Waals surface area contributed by atoms with Crippen molar-refractivity contribution in [3.8, 4) is 0 Å². The summed E-state index contributed by atoms with van der Waals surface area (Å²) < 4.78 is 1.33. The number of carbonyl (C=O) groups is 1. The van der Waals surface area contributed by atoms with Crippen LogP contribution in [0.2, 0.25) is 5.02 Å². The van der Waals surface area contributed by atoms with Crippen LogP contribution in [-0.2, 0) is 17.8 Å². The van der Waals surface area contributed by atoms with Gasteiger partial charge in [0.05, 0.1) is 0 Å². The normalized spacial score (nSPS) is 11.1. The van der Waals surface area contributed by atoms with E-state index < -0.39 is 11.2 Å². The highest BCUT2D eigenvalue weighted by atomic mass is 35.5. The summed E-state index contributed by atoms with van der Waals surface area (Å²) in [5.74, 6) is -0.107. The summed E-state index contributed by atoms with van der Waals surface area (Å²) in [5.41, 5.74) is 5.90. The number of hydrogen-bond donors (Lipinski definition) is 2. The molecule has 0 bridgehead atoms. The lowest BCUT2D eigenvalue weighted by Gasteiger charge is -2.26. The van der Waals surface area contributed by atoms with Crippen molar-refractivity contribution < 1.29 is 4.79 Å². The van der Waals surface area contributed by atoms with E-state index in [1.54, 1.807) is 6.07 Å². The lowest BCUT2D eigenvalue weighted by Crippen LogP contribution is -2.42. The number of aromatic amines is 1. The van der Waals surface area contributed by atoms with Crippen LogP contribution in [0.25, 0.3) is 0 Å². The first-order valence-corrected chi connectivity index (χ1v) is 10.3. The predicted octanol–water partition coefficient (Wildman–Crippen LogP) is 3.19. The van der Waals surface area contributed by atoms with Crippen LogP contribution in [0.15, 0.2) is 33.9 Å². The van der Waals surface area contributed by atoms with Crippen molar-refractivity contribution in [1.29, 1.82) is 0 Å². The maximum absolute atomic E-state index is 13.1. The van der Waals surface area contributed by atoms with Crippen molar-refractivity contribution in [1.82, 2.24) is 9.55 Å². The van der Waals surface area contributed by atoms with Gasteiger partial charge in [-0.1, -0.05) is 57.0 Å². The van der Waals surface area contributed by atoms with Crippen molar-refractivity contribution in [3.05, 3.63) is 55.7 Å². The lowest BCUT2D eigenvalue weighted by molar-refractivity contribution is -0.118. The Bertz CT molecular complexity index is 965. The van der Waals surface area contributed by atoms with Crippen molar-refractivity contribution in [3.63, 3.8) is 0 Å². The number of benzene rings is 1. The van der Waals surface area contributed by atoms with Gasteiger partial charge in [0.25, 0.3) is 5.56 Å². The fraction of sp³-hybridized carbons (Fsp3) is 0.476. The van der Waals surface area contributed by atoms with Crippen molar-refractivity contribution in [2.24, 2.45) is 5.92 Å². The maximum Gasteiger partial charge on any atom is 0.330 e. The molecular formula is C21H29ClN4O3. The average molecular weight is 421 g/mol. The third kappa shape index (κ3) is 5.73. The molecule has 0 unspecified atom stereocenters. The van der Waals surface area contributed by atoms with Gasteiger partial charge in [-0.05, 0) is 30.4 Å². The Hall–Kier alpha value is -2.54. The van der Waals surface area contributed by atoms with E-state index in [0.29, 0.717) is 24.5 Å². The van der Waals surface area contributed by atoms with Gasteiger partial charge in [0, 0.05) is 24.5 Å². The van der Waals surface area contributed by atoms with Crippen LogP contribution in [0.1, 0.15) is 45.6 Å². The predicted molar refractivity (Wildman–Crippen MR) is 118 cm³/mol. The Morgan fingerprint density at radius 1 is 1.28 bits per heavy atom. The van der Waals surface area contributed by atoms with Gasteiger partial charge in [0.1, 0.15) is 5.82 Å². The Morgan fingerprint density at radius 2 is 1.97 bits per heavy atom. The summed E-state index contributed by atoms with van der Waals surface area (Å²) in [5, 5.41) is 0.598. The molecule has 0 atom stereocenters. The number of nitrogens with one attached hydrogen (secondary N) is 1. The SMILES string of the molecule is CCCCn1c(N)c(N(CC(C)C)C(=O)CCc2ccccc2Cl)c(=O)[nH]c1=O. The fourth-order valence-corrected chi connectivity index (χ4v) is 3.37. The van der Waals surface area contributed by atoms with Gasteiger partial charge in [-0.25, -0.2) is 4.79 Å². The Balaban J connectivity index is 2.39. The number of aryl methyl sites for hydroxylation is 1. The Morgan fingerprint density at radius 3 is 2.59 bits per heavy atom. The molecule has 0 aliphatic heterocycles. The van der Waals surface area contributed by atoms with Crippen LogP contribution in [0.4, 0.5) is 11.5 Å². The molecule has 3 N–H and O–H groups in total. The summed E-state index contributed by atoms with van der Waals surface area (Å²) in [6, 6.07) is 7.34. The van der Waals surface area contributed by atoms with E-state index in [2.05, 4.69) is 4.98 Å². The highest BCUT2D eigenvalue weighted by Gasteiger charge is 2.24. The average Bonchev–Trinajstić information content (AvgIpc) is 2.65. The zero-order valence-electron chi connectivity index (χ0n) is 17.2. The molecule has 7 nitrogen and oxygen atoms in total. The van der Waals surface area contributed by atoms with E-state index in [-0.39, 0.29) is 29.8 Å². The number of hydrogen-bond acceptors (Lipinski definition) is 4. The van der Waals surface area contributed by atoms with Crippen LogP contribution in [-0.4, -0.2) is 22.0 Å². The third-order valence-electron chi connectivity index (χ3n) is 4.63. The highest BCUT2D eigenvalue weighted by molar-refractivity contribution is 6.31. The van der Waals surface area contributed by atoms with Gasteiger partial charge in [0.15, 0.2) is 5.69 Å². The first kappa shape index (κ1) is 22.7. The Kier molecular flexibility index (Phi) is 8.08. The second kappa shape index (κ2) is 10.3. The molecule has 0 radical (unpaired) electrons. The number of unbranched alkanes of at least 4 members (excludes halogenated alkanes) is 1. The van der Waals surface area contributed by atoms with Gasteiger partial charge >= 0.3 is 5.69 Å². The first-order valence-electron chi connectivity index (χ1n) is 9.92. The van der Waals surface area contributed by atoms with E-state index in [4.69, 9.17) is 17.3 Å². The number of nitrogen functional groups attached to an aromatic ring is 1. The quantitative estimate of drug-likeness (QED) is 0.650. The monoisotopic (exact) mass is 420 g/mol. The van der Waals surface area contributed by atoms with Gasteiger partial charge in [0.2, 0.25) is 5.91 Å². The van der Waals surface area contributed by atoms with Gasteiger partial charge in [-0.3, -0.25) is 19.1 Å². The minimum atomic E-state index is -0.646. The molecule has 0 aliphatic carbocycles. The van der Waals surface area contributed by atoms with Gasteiger partial charge in [-0.15, -0.1) is 0 Å². The molecule has 8 heteroatoms. The maximum atomic E-state index is 13.1. The van der Waals surface area contributed by atoms with Crippen molar-refractivity contribution in [2.75, 3.05) is 17.2 Å². The standard InChI is InChI=1S/C21H29ClN4O3/c1-4-5-12-25-19(23)18(20(28)24-21(25)29)26(13-14(2)3)17(27)11-10-15-8-6-7-9-16(15)22/h6-9,14H,4-5,10-13,23H2,1-3H3,(H,24,28,29). The third-order valence-corrected chi connectivity index (χ3v) is 5.00. The molecule has 0 saturated carbocycles. The Labute approximate surface area is 175 Å². The number of anilines is 2. The molecule has 29 heavy (non-hydrogen) atoms. The number of carbonyl (C=O) groups excluding carboxylic acids is 1. The molecule has 0 aliphatic rings. The van der Waals surface area contributed by atoms with Crippen LogP contribution >= 0.6 is 11.6 Å². The lowest BCUT2D eigenvalue weighted by atomic mass is 10.1.